The smallest absolute Gasteiger partial charge is 0.203 e. The van der Waals surface area contributed by atoms with Crippen molar-refractivity contribution in [1.82, 2.24) is 0 Å². The Balaban J connectivity index is 2.07. The molecule has 0 spiro atoms. The summed E-state index contributed by atoms with van der Waals surface area (Å²) in [6.45, 7) is 1.98. The average Bonchev–Trinajstić information content (AvgIpc) is 2.53. The zero-order valence-corrected chi connectivity index (χ0v) is 12.8. The van der Waals surface area contributed by atoms with Crippen molar-refractivity contribution in [3.05, 3.63) is 58.6 Å². The molecule has 3 nitrogen and oxygen atoms in total. The van der Waals surface area contributed by atoms with E-state index in [-0.39, 0.29) is 12.4 Å². The number of halogens is 1. The van der Waals surface area contributed by atoms with E-state index in [9.17, 15) is 4.79 Å². The summed E-state index contributed by atoms with van der Waals surface area (Å²) in [7, 11) is 1.54. The van der Waals surface area contributed by atoms with Crippen molar-refractivity contribution in [2.75, 3.05) is 13.7 Å². The van der Waals surface area contributed by atoms with Crippen molar-refractivity contribution < 1.29 is 14.3 Å². The first-order valence-corrected chi connectivity index (χ1v) is 7.11. The van der Waals surface area contributed by atoms with Crippen LogP contribution in [0.1, 0.15) is 22.8 Å². The molecule has 0 heterocycles. The van der Waals surface area contributed by atoms with Crippen LogP contribution >= 0.6 is 11.6 Å². The Hall–Kier alpha value is -2.00. The zero-order chi connectivity index (χ0) is 15.2. The van der Waals surface area contributed by atoms with Crippen LogP contribution in [0.3, 0.4) is 0 Å². The van der Waals surface area contributed by atoms with Gasteiger partial charge in [-0.1, -0.05) is 30.7 Å². The molecule has 0 amide bonds. The van der Waals surface area contributed by atoms with Gasteiger partial charge in [0.15, 0.2) is 6.61 Å². The van der Waals surface area contributed by atoms with Crippen molar-refractivity contribution in [1.29, 1.82) is 0 Å². The molecular formula is C17H17ClO3. The largest absolute Gasteiger partial charge is 0.496 e. The van der Waals surface area contributed by atoms with Gasteiger partial charge >= 0.3 is 0 Å². The number of Topliss-reactive ketones (excluding diaryl/α,β-unsaturated/α-hetero) is 1. The third-order valence-corrected chi connectivity index (χ3v) is 3.54. The van der Waals surface area contributed by atoms with Gasteiger partial charge in [-0.05, 0) is 42.3 Å². The highest BCUT2D eigenvalue weighted by molar-refractivity contribution is 6.31. The zero-order valence-electron chi connectivity index (χ0n) is 12.1. The fourth-order valence-corrected chi connectivity index (χ4v) is 2.26. The number of ether oxygens (including phenoxy) is 2. The van der Waals surface area contributed by atoms with Gasteiger partial charge in [0, 0.05) is 5.02 Å². The lowest BCUT2D eigenvalue weighted by molar-refractivity contribution is 0.0918. The van der Waals surface area contributed by atoms with E-state index in [0.717, 1.165) is 12.0 Å². The third kappa shape index (κ3) is 3.76. The number of carbonyl (C=O) groups is 1. The van der Waals surface area contributed by atoms with Crippen molar-refractivity contribution in [2.24, 2.45) is 0 Å². The molecule has 0 aliphatic heterocycles. The minimum absolute atomic E-state index is 0.0365. The maximum atomic E-state index is 12.2. The topological polar surface area (TPSA) is 35.5 Å². The van der Waals surface area contributed by atoms with Crippen molar-refractivity contribution in [3.8, 4) is 11.5 Å². The maximum Gasteiger partial charge on any atom is 0.203 e. The quantitative estimate of drug-likeness (QED) is 0.751. The van der Waals surface area contributed by atoms with E-state index in [4.69, 9.17) is 21.1 Å². The molecule has 0 aliphatic rings. The van der Waals surface area contributed by atoms with Crippen LogP contribution in [0.2, 0.25) is 5.02 Å². The Morgan fingerprint density at radius 3 is 2.67 bits per heavy atom. The van der Waals surface area contributed by atoms with Crippen molar-refractivity contribution in [3.63, 3.8) is 0 Å². The molecule has 0 radical (unpaired) electrons. The van der Waals surface area contributed by atoms with Gasteiger partial charge in [0.2, 0.25) is 5.78 Å². The fraction of sp³-hybridized carbons (Fsp3) is 0.235. The van der Waals surface area contributed by atoms with Crippen LogP contribution in [0.5, 0.6) is 11.5 Å². The van der Waals surface area contributed by atoms with E-state index >= 15 is 0 Å². The molecule has 0 saturated heterocycles. The summed E-state index contributed by atoms with van der Waals surface area (Å²) in [6, 6.07) is 12.5. The summed E-state index contributed by atoms with van der Waals surface area (Å²) in [5.41, 5.74) is 1.52. The van der Waals surface area contributed by atoms with Gasteiger partial charge in [0.1, 0.15) is 11.5 Å². The van der Waals surface area contributed by atoms with Crippen molar-refractivity contribution >= 4 is 17.4 Å². The molecule has 0 fully saturated rings. The highest BCUT2D eigenvalue weighted by atomic mass is 35.5. The molecule has 2 rings (SSSR count). The van der Waals surface area contributed by atoms with Gasteiger partial charge < -0.3 is 9.47 Å². The average molecular weight is 305 g/mol. The Morgan fingerprint density at radius 2 is 1.95 bits per heavy atom. The second kappa shape index (κ2) is 7.14. The molecule has 4 heteroatoms. The molecule has 2 aromatic rings. The summed E-state index contributed by atoms with van der Waals surface area (Å²) in [5.74, 6) is 1.07. The molecule has 21 heavy (non-hydrogen) atoms. The molecule has 0 aliphatic carbocycles. The molecule has 0 unspecified atom stereocenters. The maximum absolute atomic E-state index is 12.2. The lowest BCUT2D eigenvalue weighted by Crippen LogP contribution is -2.12. The first kappa shape index (κ1) is 15.4. The Bertz CT molecular complexity index is 638. The number of aryl methyl sites for hydroxylation is 1. The number of rotatable bonds is 6. The summed E-state index contributed by atoms with van der Waals surface area (Å²) in [6.07, 6.45) is 0.816. The van der Waals surface area contributed by atoms with Crippen LogP contribution in [-0.4, -0.2) is 19.5 Å². The number of carbonyl (C=O) groups excluding carboxylic acids is 1. The number of ketones is 1. The van der Waals surface area contributed by atoms with Crippen LogP contribution < -0.4 is 9.47 Å². The standard InChI is InChI=1S/C17H17ClO3/c1-3-12-10-13(8-9-15(12)18)21-11-16(19)14-6-4-5-7-17(14)20-2/h4-10H,3,11H2,1-2H3. The molecule has 0 N–H and O–H groups in total. The number of para-hydroxylation sites is 1. The summed E-state index contributed by atoms with van der Waals surface area (Å²) in [4.78, 5) is 12.2. The normalized spacial score (nSPS) is 10.2. The predicted molar refractivity (Wildman–Crippen MR) is 83.6 cm³/mol. The van der Waals surface area contributed by atoms with Crippen LogP contribution in [0.15, 0.2) is 42.5 Å². The van der Waals surface area contributed by atoms with E-state index in [2.05, 4.69) is 0 Å². The molecular weight excluding hydrogens is 288 g/mol. The summed E-state index contributed by atoms with van der Waals surface area (Å²) < 4.78 is 10.7. The monoisotopic (exact) mass is 304 g/mol. The predicted octanol–water partition coefficient (Wildman–Crippen LogP) is 4.17. The van der Waals surface area contributed by atoms with Gasteiger partial charge in [0.25, 0.3) is 0 Å². The Labute approximate surface area is 129 Å². The van der Waals surface area contributed by atoms with E-state index < -0.39 is 0 Å². The minimum atomic E-state index is -0.125. The van der Waals surface area contributed by atoms with E-state index in [1.165, 1.54) is 0 Å². The van der Waals surface area contributed by atoms with Crippen molar-refractivity contribution in [2.45, 2.75) is 13.3 Å². The summed E-state index contributed by atoms with van der Waals surface area (Å²) in [5, 5.41) is 0.709. The molecule has 2 aromatic carbocycles. The lowest BCUT2D eigenvalue weighted by Gasteiger charge is -2.10. The third-order valence-electron chi connectivity index (χ3n) is 3.18. The molecule has 0 atom stereocenters. The highest BCUT2D eigenvalue weighted by Crippen LogP contribution is 2.23. The minimum Gasteiger partial charge on any atom is -0.496 e. The van der Waals surface area contributed by atoms with E-state index in [1.807, 2.05) is 19.1 Å². The number of hydrogen-bond donors (Lipinski definition) is 0. The van der Waals surface area contributed by atoms with Crippen LogP contribution in [0.25, 0.3) is 0 Å². The van der Waals surface area contributed by atoms with Crippen LogP contribution in [0.4, 0.5) is 0 Å². The SMILES string of the molecule is CCc1cc(OCC(=O)c2ccccc2OC)ccc1Cl. The summed E-state index contributed by atoms with van der Waals surface area (Å²) >= 11 is 6.06. The molecule has 0 bridgehead atoms. The fourth-order valence-electron chi connectivity index (χ4n) is 2.01. The first-order chi connectivity index (χ1) is 10.2. The molecule has 0 aromatic heterocycles. The van der Waals surface area contributed by atoms with Crippen LogP contribution in [0, 0.1) is 0 Å². The number of benzene rings is 2. The highest BCUT2D eigenvalue weighted by Gasteiger charge is 2.12. The molecule has 110 valence electrons. The van der Waals surface area contributed by atoms with Gasteiger partial charge in [0.05, 0.1) is 12.7 Å². The lowest BCUT2D eigenvalue weighted by atomic mass is 10.1. The Morgan fingerprint density at radius 1 is 1.19 bits per heavy atom. The van der Waals surface area contributed by atoms with Gasteiger partial charge in [-0.3, -0.25) is 4.79 Å². The second-order valence-corrected chi connectivity index (χ2v) is 4.93. The Kier molecular flexibility index (Phi) is 5.23. The van der Waals surface area contributed by atoms with Crippen LogP contribution in [-0.2, 0) is 6.42 Å². The van der Waals surface area contributed by atoms with E-state index in [0.29, 0.717) is 22.1 Å². The van der Waals surface area contributed by atoms with Gasteiger partial charge in [-0.15, -0.1) is 0 Å². The first-order valence-electron chi connectivity index (χ1n) is 6.73. The number of hydrogen-bond acceptors (Lipinski definition) is 3. The molecule has 0 saturated carbocycles. The second-order valence-electron chi connectivity index (χ2n) is 4.52. The van der Waals surface area contributed by atoms with Gasteiger partial charge in [-0.2, -0.15) is 0 Å². The van der Waals surface area contributed by atoms with Gasteiger partial charge in [-0.25, -0.2) is 0 Å². The van der Waals surface area contributed by atoms with E-state index in [1.54, 1.807) is 37.4 Å². The number of methoxy groups -OCH3 is 1.